The van der Waals surface area contributed by atoms with Gasteiger partial charge in [-0.05, 0) is 12.8 Å². The first kappa shape index (κ1) is 15.4. The molecular weight excluding hydrogens is 319 g/mol. The van der Waals surface area contributed by atoms with Crippen LogP contribution in [0.25, 0.3) is 11.1 Å². The van der Waals surface area contributed by atoms with E-state index < -0.39 is 0 Å². The molecule has 18 heavy (non-hydrogen) atoms. The van der Waals surface area contributed by atoms with Gasteiger partial charge in [-0.1, -0.05) is 36.0 Å². The smallest absolute Gasteiger partial charge is 0 e. The molecule has 1 aromatic carbocycles. The second kappa shape index (κ2) is 7.07. The predicted octanol–water partition coefficient (Wildman–Crippen LogP) is 4.59. The maximum absolute atomic E-state index is 3.38. The molecule has 0 fully saturated rings. The van der Waals surface area contributed by atoms with Crippen molar-refractivity contribution >= 4 is 23.6 Å². The zero-order valence-corrected chi connectivity index (χ0v) is 13.3. The minimum atomic E-state index is 0. The van der Waals surface area contributed by atoms with E-state index in [1.165, 1.54) is 22.3 Å². The number of benzene rings is 1. The van der Waals surface area contributed by atoms with E-state index in [2.05, 4.69) is 54.7 Å². The molecule has 0 aliphatic heterocycles. The van der Waals surface area contributed by atoms with Gasteiger partial charge in [0.05, 0.1) is 0 Å². The zero-order valence-electron chi connectivity index (χ0n) is 10.0. The van der Waals surface area contributed by atoms with E-state index in [1.54, 1.807) is 0 Å². The normalized spacial score (nSPS) is 15.8. The van der Waals surface area contributed by atoms with Gasteiger partial charge in [0.1, 0.15) is 0 Å². The Morgan fingerprint density at radius 1 is 0.944 bits per heavy atom. The minimum absolute atomic E-state index is 0. The molecule has 2 heteroatoms. The van der Waals surface area contributed by atoms with Crippen LogP contribution < -0.4 is 0 Å². The second-order valence-corrected chi connectivity index (χ2v) is 4.11. The molecule has 0 spiro atoms. The van der Waals surface area contributed by atoms with E-state index in [0.717, 1.165) is 12.8 Å². The summed E-state index contributed by atoms with van der Waals surface area (Å²) in [5.74, 6) is 0. The van der Waals surface area contributed by atoms with Crippen molar-refractivity contribution in [3.63, 3.8) is 0 Å². The Bertz CT molecular complexity index is 487. The van der Waals surface area contributed by atoms with Gasteiger partial charge in [0.15, 0.2) is 0 Å². The summed E-state index contributed by atoms with van der Waals surface area (Å²) in [5.41, 5.74) is 5.38. The van der Waals surface area contributed by atoms with Crippen LogP contribution in [0.1, 0.15) is 24.0 Å². The van der Waals surface area contributed by atoms with Crippen molar-refractivity contribution in [2.24, 2.45) is 0 Å². The first-order valence-electron chi connectivity index (χ1n) is 5.68. The van der Waals surface area contributed by atoms with E-state index >= 15 is 0 Å². The van der Waals surface area contributed by atoms with Crippen LogP contribution in [0.5, 0.6) is 0 Å². The largest absolute Gasteiger partial charge is 0.147 e. The van der Waals surface area contributed by atoms with E-state index in [1.807, 2.05) is 6.07 Å². The predicted molar refractivity (Wildman–Crippen MR) is 76.0 cm³/mol. The van der Waals surface area contributed by atoms with Gasteiger partial charge in [0.25, 0.3) is 0 Å². The van der Waals surface area contributed by atoms with Gasteiger partial charge in [0, 0.05) is 26.2 Å². The molecule has 0 amide bonds. The average Bonchev–Trinajstić information content (AvgIpc) is 3.03. The van der Waals surface area contributed by atoms with Crippen LogP contribution in [0.2, 0.25) is 0 Å². The molecule has 0 radical (unpaired) electrons. The Morgan fingerprint density at radius 3 is 2.22 bits per heavy atom. The molecular formula is C16H14ClZr-. The summed E-state index contributed by atoms with van der Waals surface area (Å²) in [6.45, 7) is 0. The second-order valence-electron chi connectivity index (χ2n) is 4.11. The molecule has 0 atom stereocenters. The van der Waals surface area contributed by atoms with E-state index in [-0.39, 0.29) is 38.6 Å². The zero-order chi connectivity index (χ0) is 10.8. The first-order chi connectivity index (χ1) is 7.95. The molecule has 0 saturated carbocycles. The molecule has 0 N–H and O–H groups in total. The summed E-state index contributed by atoms with van der Waals surface area (Å²) >= 11 is 0. The molecule has 2 aliphatic rings. The Balaban J connectivity index is 0.000000810. The van der Waals surface area contributed by atoms with Crippen molar-refractivity contribution in [3.05, 3.63) is 71.8 Å². The van der Waals surface area contributed by atoms with Crippen molar-refractivity contribution in [2.75, 3.05) is 0 Å². The fourth-order valence-electron chi connectivity index (χ4n) is 2.25. The SMILES string of the molecule is Cl.[Zr].[c-]1cccc(C2=CC=CC2)c1C1=CC=CC1. The van der Waals surface area contributed by atoms with E-state index in [9.17, 15) is 0 Å². The summed E-state index contributed by atoms with van der Waals surface area (Å²) in [4.78, 5) is 0. The fraction of sp³-hybridized carbons (Fsp3) is 0.125. The van der Waals surface area contributed by atoms with E-state index in [0.29, 0.717) is 0 Å². The van der Waals surface area contributed by atoms with Crippen molar-refractivity contribution in [1.29, 1.82) is 0 Å². The number of hydrogen-bond acceptors (Lipinski definition) is 0. The molecule has 0 bridgehead atoms. The Hall–Kier alpha value is -0.647. The summed E-state index contributed by atoms with van der Waals surface area (Å²) in [6.07, 6.45) is 15.1. The number of hydrogen-bond donors (Lipinski definition) is 0. The number of rotatable bonds is 2. The van der Waals surface area contributed by atoms with Crippen LogP contribution >= 0.6 is 12.4 Å². The van der Waals surface area contributed by atoms with Gasteiger partial charge in [0.2, 0.25) is 0 Å². The number of halogens is 1. The summed E-state index contributed by atoms with van der Waals surface area (Å²) in [5, 5.41) is 0. The summed E-state index contributed by atoms with van der Waals surface area (Å²) < 4.78 is 0. The van der Waals surface area contributed by atoms with Crippen molar-refractivity contribution < 1.29 is 26.2 Å². The van der Waals surface area contributed by atoms with Crippen LogP contribution in [0.4, 0.5) is 0 Å². The monoisotopic (exact) mass is 331 g/mol. The average molecular weight is 333 g/mol. The number of allylic oxidation sites excluding steroid dienone is 8. The topological polar surface area (TPSA) is 0 Å². The van der Waals surface area contributed by atoms with Crippen LogP contribution in [0, 0.1) is 6.07 Å². The minimum Gasteiger partial charge on any atom is -0.147 e. The molecule has 2 aliphatic carbocycles. The molecule has 0 unspecified atom stereocenters. The van der Waals surface area contributed by atoms with Gasteiger partial charge in [-0.25, -0.2) is 0 Å². The maximum Gasteiger partial charge on any atom is 0 e. The van der Waals surface area contributed by atoms with Crippen LogP contribution in [-0.4, -0.2) is 0 Å². The summed E-state index contributed by atoms with van der Waals surface area (Å²) in [7, 11) is 0. The third-order valence-corrected chi connectivity index (χ3v) is 3.07. The molecule has 0 heterocycles. The molecule has 0 saturated heterocycles. The first-order valence-corrected chi connectivity index (χ1v) is 5.68. The van der Waals surface area contributed by atoms with Crippen molar-refractivity contribution in [1.82, 2.24) is 0 Å². The molecule has 3 rings (SSSR count). The standard InChI is InChI=1S/C16H13.ClH.Zr/c1-2-8-13(7-1)15-11-5-6-12-16(15)14-9-3-4-10-14;;/h1-7,9,11H,8,10H2;1H;/q-1;;. The van der Waals surface area contributed by atoms with Gasteiger partial charge >= 0.3 is 0 Å². The third kappa shape index (κ3) is 3.02. The quantitative estimate of drug-likeness (QED) is 0.695. The van der Waals surface area contributed by atoms with Gasteiger partial charge in [-0.3, -0.25) is 0 Å². The maximum atomic E-state index is 3.38. The van der Waals surface area contributed by atoms with Crippen molar-refractivity contribution in [3.8, 4) is 0 Å². The Labute approximate surface area is 134 Å². The fourth-order valence-corrected chi connectivity index (χ4v) is 2.25. The van der Waals surface area contributed by atoms with Gasteiger partial charge in [-0.2, -0.15) is 0 Å². The van der Waals surface area contributed by atoms with Crippen LogP contribution in [0.3, 0.4) is 0 Å². The van der Waals surface area contributed by atoms with Gasteiger partial charge < -0.3 is 0 Å². The molecule has 1 aromatic rings. The Kier molecular flexibility index (Phi) is 6.05. The van der Waals surface area contributed by atoms with Crippen LogP contribution in [0.15, 0.2) is 54.7 Å². The van der Waals surface area contributed by atoms with Gasteiger partial charge in [-0.15, -0.1) is 59.4 Å². The molecule has 0 aromatic heterocycles. The summed E-state index contributed by atoms with van der Waals surface area (Å²) in [6, 6.07) is 9.65. The van der Waals surface area contributed by atoms with E-state index in [4.69, 9.17) is 0 Å². The van der Waals surface area contributed by atoms with Crippen molar-refractivity contribution in [2.45, 2.75) is 12.8 Å². The van der Waals surface area contributed by atoms with Crippen LogP contribution in [-0.2, 0) is 26.2 Å². The molecule has 0 nitrogen and oxygen atoms in total. The Morgan fingerprint density at radius 2 is 1.61 bits per heavy atom. The third-order valence-electron chi connectivity index (χ3n) is 3.07. The molecule has 90 valence electrons.